The minimum Gasteiger partial charge on any atom is -0.380 e. The van der Waals surface area contributed by atoms with E-state index < -0.39 is 0 Å². The zero-order valence-corrected chi connectivity index (χ0v) is 13.6. The van der Waals surface area contributed by atoms with E-state index in [0.29, 0.717) is 17.3 Å². The third-order valence-electron chi connectivity index (χ3n) is 4.61. The van der Waals surface area contributed by atoms with Crippen LogP contribution in [0.1, 0.15) is 29.6 Å². The van der Waals surface area contributed by atoms with E-state index in [9.17, 15) is 4.79 Å². The molecule has 3 rings (SSSR count). The summed E-state index contributed by atoms with van der Waals surface area (Å²) >= 11 is 5.91. The maximum atomic E-state index is 12.8. The van der Waals surface area contributed by atoms with Gasteiger partial charge in [-0.3, -0.25) is 4.79 Å². The second-order valence-corrected chi connectivity index (χ2v) is 6.47. The molecule has 2 saturated heterocycles. The van der Waals surface area contributed by atoms with Gasteiger partial charge in [0.05, 0.1) is 6.10 Å². The smallest absolute Gasteiger partial charge is 0.254 e. The maximum Gasteiger partial charge on any atom is 0.254 e. The highest BCUT2D eigenvalue weighted by Gasteiger charge is 2.37. The molecule has 0 spiro atoms. The summed E-state index contributed by atoms with van der Waals surface area (Å²) < 4.78 is 5.50. The number of hydrogen-bond acceptors (Lipinski definition) is 4. The molecule has 0 aromatic carbocycles. The van der Waals surface area contributed by atoms with Gasteiger partial charge in [-0.15, -0.1) is 0 Å². The normalized spacial score (nSPS) is 25.8. The van der Waals surface area contributed by atoms with E-state index in [0.717, 1.165) is 26.1 Å². The first kappa shape index (κ1) is 15.7. The van der Waals surface area contributed by atoms with Crippen LogP contribution in [0.4, 0.5) is 0 Å². The SMILES string of the molecule is CO[C@H]1C[C@@H](CN2CCCC2)N(C(=O)c2ccnc(Cl)c2)C1. The maximum absolute atomic E-state index is 12.8. The van der Waals surface area contributed by atoms with Crippen LogP contribution in [0.25, 0.3) is 0 Å². The molecule has 120 valence electrons. The van der Waals surface area contributed by atoms with Crippen molar-refractivity contribution in [1.82, 2.24) is 14.8 Å². The van der Waals surface area contributed by atoms with Crippen LogP contribution in [0.3, 0.4) is 0 Å². The Bertz CT molecular complexity index is 534. The molecule has 0 N–H and O–H groups in total. The van der Waals surface area contributed by atoms with Gasteiger partial charge in [0.2, 0.25) is 0 Å². The summed E-state index contributed by atoms with van der Waals surface area (Å²) in [5.74, 6) is 0.0213. The molecule has 6 heteroatoms. The van der Waals surface area contributed by atoms with Gasteiger partial charge in [-0.25, -0.2) is 4.98 Å². The highest BCUT2D eigenvalue weighted by molar-refractivity contribution is 6.29. The van der Waals surface area contributed by atoms with Crippen molar-refractivity contribution >= 4 is 17.5 Å². The quantitative estimate of drug-likeness (QED) is 0.796. The van der Waals surface area contributed by atoms with Gasteiger partial charge in [0.1, 0.15) is 5.15 Å². The van der Waals surface area contributed by atoms with Crippen molar-refractivity contribution in [3.05, 3.63) is 29.0 Å². The summed E-state index contributed by atoms with van der Waals surface area (Å²) in [6.07, 6.45) is 5.11. The molecule has 2 fully saturated rings. The van der Waals surface area contributed by atoms with E-state index in [1.54, 1.807) is 25.4 Å². The van der Waals surface area contributed by atoms with Gasteiger partial charge in [-0.2, -0.15) is 0 Å². The van der Waals surface area contributed by atoms with E-state index in [2.05, 4.69) is 9.88 Å². The lowest BCUT2D eigenvalue weighted by Gasteiger charge is -2.28. The molecule has 2 atom stereocenters. The zero-order chi connectivity index (χ0) is 15.5. The monoisotopic (exact) mass is 323 g/mol. The molecule has 3 heterocycles. The van der Waals surface area contributed by atoms with Crippen LogP contribution < -0.4 is 0 Å². The fourth-order valence-electron chi connectivity index (χ4n) is 3.43. The third kappa shape index (κ3) is 3.42. The number of aromatic nitrogens is 1. The van der Waals surface area contributed by atoms with Crippen molar-refractivity contribution in [3.8, 4) is 0 Å². The topological polar surface area (TPSA) is 45.7 Å². The Morgan fingerprint density at radius 3 is 2.91 bits per heavy atom. The highest BCUT2D eigenvalue weighted by atomic mass is 35.5. The molecule has 22 heavy (non-hydrogen) atoms. The summed E-state index contributed by atoms with van der Waals surface area (Å²) in [5.41, 5.74) is 0.600. The highest BCUT2D eigenvalue weighted by Crippen LogP contribution is 2.25. The van der Waals surface area contributed by atoms with Gasteiger partial charge >= 0.3 is 0 Å². The van der Waals surface area contributed by atoms with Crippen molar-refractivity contribution in [3.63, 3.8) is 0 Å². The second kappa shape index (κ2) is 6.94. The fraction of sp³-hybridized carbons (Fsp3) is 0.625. The number of nitrogens with zero attached hydrogens (tertiary/aromatic N) is 3. The largest absolute Gasteiger partial charge is 0.380 e. The number of ether oxygens (including phenoxy) is 1. The number of methoxy groups -OCH3 is 1. The van der Waals surface area contributed by atoms with Crippen LogP contribution in [0.2, 0.25) is 5.15 Å². The Kier molecular flexibility index (Phi) is 4.96. The second-order valence-electron chi connectivity index (χ2n) is 6.08. The van der Waals surface area contributed by atoms with Gasteiger partial charge in [0.15, 0.2) is 0 Å². The third-order valence-corrected chi connectivity index (χ3v) is 4.82. The molecule has 0 unspecified atom stereocenters. The van der Waals surface area contributed by atoms with Gasteiger partial charge < -0.3 is 14.5 Å². The molecular formula is C16H22ClN3O2. The molecule has 1 aromatic rings. The molecule has 0 saturated carbocycles. The van der Waals surface area contributed by atoms with Crippen LogP contribution in [0.5, 0.6) is 0 Å². The van der Waals surface area contributed by atoms with Crippen molar-refractivity contribution in [2.75, 3.05) is 33.3 Å². The number of rotatable bonds is 4. The lowest BCUT2D eigenvalue weighted by atomic mass is 10.1. The van der Waals surface area contributed by atoms with E-state index in [1.807, 2.05) is 4.90 Å². The number of amides is 1. The Morgan fingerprint density at radius 2 is 2.23 bits per heavy atom. The average molecular weight is 324 g/mol. The molecular weight excluding hydrogens is 302 g/mol. The molecule has 1 amide bonds. The Morgan fingerprint density at radius 1 is 1.45 bits per heavy atom. The summed E-state index contributed by atoms with van der Waals surface area (Å²) in [5, 5.41) is 0.351. The lowest BCUT2D eigenvalue weighted by Crippen LogP contribution is -2.42. The summed E-state index contributed by atoms with van der Waals surface area (Å²) in [7, 11) is 1.72. The zero-order valence-electron chi connectivity index (χ0n) is 12.9. The van der Waals surface area contributed by atoms with Crippen LogP contribution in [0, 0.1) is 0 Å². The number of carbonyl (C=O) groups excluding carboxylic acids is 1. The number of carbonyl (C=O) groups is 1. The van der Waals surface area contributed by atoms with Crippen LogP contribution in [0.15, 0.2) is 18.3 Å². The van der Waals surface area contributed by atoms with Gasteiger partial charge in [0.25, 0.3) is 5.91 Å². The first-order valence-electron chi connectivity index (χ1n) is 7.85. The minimum atomic E-state index is 0.0213. The van der Waals surface area contributed by atoms with Crippen molar-refractivity contribution in [2.45, 2.75) is 31.4 Å². The van der Waals surface area contributed by atoms with Crippen molar-refractivity contribution < 1.29 is 9.53 Å². The molecule has 2 aliphatic heterocycles. The standard InChI is InChI=1S/C16H22ClN3O2/c1-22-14-9-13(10-19-6-2-3-7-19)20(11-14)16(21)12-4-5-18-15(17)8-12/h4-5,8,13-14H,2-3,6-7,9-11H2,1H3/t13-,14-/m0/s1. The first-order valence-corrected chi connectivity index (χ1v) is 8.23. The van der Waals surface area contributed by atoms with Crippen molar-refractivity contribution in [2.24, 2.45) is 0 Å². The van der Waals surface area contributed by atoms with E-state index in [4.69, 9.17) is 16.3 Å². The summed E-state index contributed by atoms with van der Waals surface area (Å²) in [4.78, 5) is 21.1. The Labute approximate surface area is 136 Å². The number of pyridine rings is 1. The molecule has 1 aromatic heterocycles. The Balaban J connectivity index is 1.74. The van der Waals surface area contributed by atoms with Crippen LogP contribution in [-0.2, 0) is 4.74 Å². The fourth-order valence-corrected chi connectivity index (χ4v) is 3.60. The van der Waals surface area contributed by atoms with Gasteiger partial charge in [0, 0.05) is 38.0 Å². The predicted octanol–water partition coefficient (Wildman–Crippen LogP) is 2.06. The van der Waals surface area contributed by atoms with Crippen molar-refractivity contribution in [1.29, 1.82) is 0 Å². The number of halogens is 1. The number of likely N-dealkylation sites (tertiary alicyclic amines) is 2. The number of hydrogen-bond donors (Lipinski definition) is 0. The molecule has 0 bridgehead atoms. The predicted molar refractivity (Wildman–Crippen MR) is 85.2 cm³/mol. The minimum absolute atomic E-state index is 0.0213. The summed E-state index contributed by atoms with van der Waals surface area (Å²) in [6, 6.07) is 3.57. The van der Waals surface area contributed by atoms with Gasteiger partial charge in [-0.05, 0) is 44.5 Å². The van der Waals surface area contributed by atoms with Crippen LogP contribution in [-0.4, -0.2) is 66.1 Å². The van der Waals surface area contributed by atoms with Crippen LogP contribution >= 0.6 is 11.6 Å². The van der Waals surface area contributed by atoms with Gasteiger partial charge in [-0.1, -0.05) is 11.6 Å². The summed E-state index contributed by atoms with van der Waals surface area (Å²) in [6.45, 7) is 3.85. The van der Waals surface area contributed by atoms with E-state index in [1.165, 1.54) is 12.8 Å². The molecule has 0 aliphatic carbocycles. The average Bonchev–Trinajstić information content (AvgIpc) is 3.16. The first-order chi connectivity index (χ1) is 10.7. The lowest BCUT2D eigenvalue weighted by molar-refractivity contribution is 0.0670. The molecule has 2 aliphatic rings. The van der Waals surface area contributed by atoms with E-state index >= 15 is 0 Å². The van der Waals surface area contributed by atoms with E-state index in [-0.39, 0.29) is 18.1 Å². The molecule has 5 nitrogen and oxygen atoms in total. The Hall–Kier alpha value is -1.17. The molecule has 0 radical (unpaired) electrons.